The number of aliphatic imine (C=N–C) groups is 1. The summed E-state index contributed by atoms with van der Waals surface area (Å²) in [5.41, 5.74) is 2.99. The Bertz CT molecular complexity index is 1050. The molecule has 130 valence electrons. The predicted octanol–water partition coefficient (Wildman–Crippen LogP) is 1.63. The summed E-state index contributed by atoms with van der Waals surface area (Å²) < 4.78 is 4.72. The maximum atomic E-state index is 11.7. The molecule has 0 saturated heterocycles. The minimum Gasteiger partial charge on any atom is -0.464 e. The summed E-state index contributed by atoms with van der Waals surface area (Å²) in [7, 11) is 1.33. The van der Waals surface area contributed by atoms with Crippen LogP contribution in [0.2, 0.25) is 0 Å². The van der Waals surface area contributed by atoms with E-state index in [0.717, 1.165) is 22.2 Å². The van der Waals surface area contributed by atoms with Gasteiger partial charge < -0.3 is 9.64 Å². The molecule has 0 spiro atoms. The van der Waals surface area contributed by atoms with Crippen molar-refractivity contribution in [3.05, 3.63) is 42.5 Å². The SMILES string of the molecule is COC(=O)C1=NC=CN(c2cnnc(-c3ccc4[nH]nc(C)c4c3)n2)C1. The number of hydrogen-bond donors (Lipinski definition) is 1. The third-order valence-electron chi connectivity index (χ3n) is 4.07. The molecule has 1 N–H and O–H groups in total. The first kappa shape index (κ1) is 15.9. The number of carbonyl (C=O) groups is 1. The van der Waals surface area contributed by atoms with Gasteiger partial charge in [0.2, 0.25) is 0 Å². The van der Waals surface area contributed by atoms with Gasteiger partial charge in [0.25, 0.3) is 0 Å². The highest BCUT2D eigenvalue weighted by atomic mass is 16.5. The van der Waals surface area contributed by atoms with E-state index in [4.69, 9.17) is 4.74 Å². The molecule has 0 bridgehead atoms. The van der Waals surface area contributed by atoms with Crippen LogP contribution in [0.3, 0.4) is 0 Å². The van der Waals surface area contributed by atoms with Crippen LogP contribution in [0.4, 0.5) is 5.82 Å². The van der Waals surface area contributed by atoms with Gasteiger partial charge in [0.15, 0.2) is 11.6 Å². The molecule has 0 aliphatic carbocycles. The number of rotatable bonds is 3. The van der Waals surface area contributed by atoms with Crippen molar-refractivity contribution in [1.29, 1.82) is 0 Å². The summed E-state index contributed by atoms with van der Waals surface area (Å²) >= 11 is 0. The van der Waals surface area contributed by atoms with Crippen molar-refractivity contribution >= 4 is 28.4 Å². The number of esters is 1. The largest absolute Gasteiger partial charge is 0.464 e. The van der Waals surface area contributed by atoms with Crippen LogP contribution in [0.1, 0.15) is 5.69 Å². The molecular weight excluding hydrogens is 334 g/mol. The minimum absolute atomic E-state index is 0.251. The monoisotopic (exact) mass is 349 g/mol. The van der Waals surface area contributed by atoms with Crippen LogP contribution in [-0.2, 0) is 9.53 Å². The zero-order valence-corrected chi connectivity index (χ0v) is 14.2. The van der Waals surface area contributed by atoms with Crippen LogP contribution in [-0.4, -0.2) is 50.7 Å². The average molecular weight is 349 g/mol. The number of nitrogens with one attached hydrogen (secondary N) is 1. The molecule has 2 aromatic heterocycles. The highest BCUT2D eigenvalue weighted by molar-refractivity contribution is 6.38. The molecule has 1 aromatic carbocycles. The highest BCUT2D eigenvalue weighted by Crippen LogP contribution is 2.24. The number of aryl methyl sites for hydroxylation is 1. The fourth-order valence-corrected chi connectivity index (χ4v) is 2.69. The number of H-pyrrole nitrogens is 1. The molecule has 0 saturated carbocycles. The van der Waals surface area contributed by atoms with E-state index < -0.39 is 5.97 Å². The molecular formula is C17H15N7O2. The van der Waals surface area contributed by atoms with Crippen LogP contribution >= 0.6 is 0 Å². The normalized spacial score (nSPS) is 13.8. The number of aromatic amines is 1. The molecule has 0 atom stereocenters. The van der Waals surface area contributed by atoms with Gasteiger partial charge in [-0.2, -0.15) is 10.2 Å². The van der Waals surface area contributed by atoms with E-state index in [9.17, 15) is 4.79 Å². The van der Waals surface area contributed by atoms with Gasteiger partial charge in [-0.1, -0.05) is 0 Å². The number of anilines is 1. The minimum atomic E-state index is -0.470. The number of hydrogen-bond acceptors (Lipinski definition) is 8. The van der Waals surface area contributed by atoms with Crippen molar-refractivity contribution in [3.8, 4) is 11.4 Å². The smallest absolute Gasteiger partial charge is 0.354 e. The van der Waals surface area contributed by atoms with Crippen molar-refractivity contribution in [2.24, 2.45) is 4.99 Å². The van der Waals surface area contributed by atoms with Gasteiger partial charge in [0.05, 0.1) is 31.1 Å². The molecule has 3 aromatic rings. The van der Waals surface area contributed by atoms with E-state index >= 15 is 0 Å². The maximum Gasteiger partial charge on any atom is 0.354 e. The van der Waals surface area contributed by atoms with E-state index in [-0.39, 0.29) is 6.54 Å². The Kier molecular flexibility index (Phi) is 3.88. The van der Waals surface area contributed by atoms with Crippen LogP contribution in [0.25, 0.3) is 22.3 Å². The Morgan fingerprint density at radius 3 is 3.08 bits per heavy atom. The van der Waals surface area contributed by atoms with Gasteiger partial charge in [-0.3, -0.25) is 10.1 Å². The van der Waals surface area contributed by atoms with Crippen molar-refractivity contribution in [2.45, 2.75) is 6.92 Å². The standard InChI is InChI=1S/C17H15N7O2/c1-10-12-7-11(3-4-13(12)22-21-10)16-20-15(8-19-23-16)24-6-5-18-14(9-24)17(25)26-2/h3-8H,9H2,1-2H3,(H,21,22). The third kappa shape index (κ3) is 2.79. The van der Waals surface area contributed by atoms with Crippen LogP contribution in [0.5, 0.6) is 0 Å². The van der Waals surface area contributed by atoms with Gasteiger partial charge >= 0.3 is 5.97 Å². The molecule has 0 fully saturated rings. The second-order valence-corrected chi connectivity index (χ2v) is 5.70. The topological polar surface area (TPSA) is 109 Å². The van der Waals surface area contributed by atoms with Crippen LogP contribution < -0.4 is 4.90 Å². The zero-order chi connectivity index (χ0) is 18.1. The maximum absolute atomic E-state index is 11.7. The predicted molar refractivity (Wildman–Crippen MR) is 95.6 cm³/mol. The summed E-state index contributed by atoms with van der Waals surface area (Å²) in [6.45, 7) is 2.19. The fraction of sp³-hybridized carbons (Fsp3) is 0.176. The van der Waals surface area contributed by atoms with Crippen molar-refractivity contribution < 1.29 is 9.53 Å². The van der Waals surface area contributed by atoms with Crippen molar-refractivity contribution in [3.63, 3.8) is 0 Å². The lowest BCUT2D eigenvalue weighted by Crippen LogP contribution is -2.33. The zero-order valence-electron chi connectivity index (χ0n) is 14.2. The molecule has 1 aliphatic heterocycles. The lowest BCUT2D eigenvalue weighted by molar-refractivity contribution is -0.132. The lowest BCUT2D eigenvalue weighted by Gasteiger charge is -2.21. The van der Waals surface area contributed by atoms with E-state index in [1.54, 1.807) is 11.1 Å². The van der Waals surface area contributed by atoms with Gasteiger partial charge in [0.1, 0.15) is 5.71 Å². The van der Waals surface area contributed by atoms with E-state index in [0.29, 0.717) is 17.4 Å². The molecule has 9 nitrogen and oxygen atoms in total. The fourth-order valence-electron chi connectivity index (χ4n) is 2.69. The van der Waals surface area contributed by atoms with Crippen LogP contribution in [0.15, 0.2) is 41.8 Å². The molecule has 4 rings (SSSR count). The summed E-state index contributed by atoms with van der Waals surface area (Å²) in [6, 6.07) is 5.82. The first-order valence-corrected chi connectivity index (χ1v) is 7.89. The molecule has 0 unspecified atom stereocenters. The summed E-state index contributed by atoms with van der Waals surface area (Å²) in [5.74, 6) is 0.578. The Labute approximate surface area is 148 Å². The summed E-state index contributed by atoms with van der Waals surface area (Å²) in [5, 5.41) is 16.4. The van der Waals surface area contributed by atoms with Gasteiger partial charge in [-0.25, -0.2) is 9.78 Å². The van der Waals surface area contributed by atoms with Crippen molar-refractivity contribution in [2.75, 3.05) is 18.6 Å². The molecule has 26 heavy (non-hydrogen) atoms. The first-order valence-electron chi connectivity index (χ1n) is 7.89. The number of ether oxygens (including phenoxy) is 1. The molecule has 1 aliphatic rings. The Balaban J connectivity index is 1.66. The summed E-state index contributed by atoms with van der Waals surface area (Å²) in [6.07, 6.45) is 4.79. The van der Waals surface area contributed by atoms with E-state index in [2.05, 4.69) is 30.4 Å². The average Bonchev–Trinajstić information content (AvgIpc) is 3.08. The number of fused-ring (bicyclic) bond motifs is 1. The lowest BCUT2D eigenvalue weighted by atomic mass is 10.1. The first-order chi connectivity index (χ1) is 12.7. The van der Waals surface area contributed by atoms with E-state index in [1.807, 2.05) is 25.1 Å². The quantitative estimate of drug-likeness (QED) is 0.716. The second kappa shape index (κ2) is 6.36. The number of carbonyl (C=O) groups excluding carboxylic acids is 1. The van der Waals surface area contributed by atoms with Gasteiger partial charge in [-0.15, -0.1) is 5.10 Å². The Morgan fingerprint density at radius 2 is 2.23 bits per heavy atom. The molecule has 9 heteroatoms. The number of nitrogens with zero attached hydrogens (tertiary/aromatic N) is 6. The van der Waals surface area contributed by atoms with Gasteiger partial charge in [0, 0.05) is 23.3 Å². The third-order valence-corrected chi connectivity index (χ3v) is 4.07. The number of aromatic nitrogens is 5. The highest BCUT2D eigenvalue weighted by Gasteiger charge is 2.19. The summed E-state index contributed by atoms with van der Waals surface area (Å²) in [4.78, 5) is 22.1. The molecule has 3 heterocycles. The number of benzene rings is 1. The van der Waals surface area contributed by atoms with E-state index in [1.165, 1.54) is 19.5 Å². The van der Waals surface area contributed by atoms with Crippen molar-refractivity contribution in [1.82, 2.24) is 25.4 Å². The molecule has 0 amide bonds. The van der Waals surface area contributed by atoms with Crippen LogP contribution in [0, 0.1) is 6.92 Å². The van der Waals surface area contributed by atoms with Gasteiger partial charge in [-0.05, 0) is 25.1 Å². The Morgan fingerprint density at radius 1 is 1.35 bits per heavy atom. The molecule has 0 radical (unpaired) electrons. The second-order valence-electron chi connectivity index (χ2n) is 5.70. The number of methoxy groups -OCH3 is 1. The Hall–Kier alpha value is -3.62.